The number of hydrogen-bond acceptors (Lipinski definition) is 6. The number of thiazole rings is 1. The number of tetrazole rings is 1. The first-order chi connectivity index (χ1) is 8.75. The molecular formula is C10H11N5O2S. The topological polar surface area (TPSA) is 93.8 Å². The van der Waals surface area contributed by atoms with Crippen LogP contribution in [0.5, 0.6) is 0 Å². The van der Waals surface area contributed by atoms with Gasteiger partial charge in [-0.25, -0.2) is 9.67 Å². The Hall–Kier alpha value is -1.83. The van der Waals surface area contributed by atoms with Gasteiger partial charge in [0.15, 0.2) is 0 Å². The summed E-state index contributed by atoms with van der Waals surface area (Å²) in [5.41, 5.74) is 2.40. The molecule has 0 radical (unpaired) electrons. The molecule has 2 aromatic heterocycles. The first-order valence-electron chi connectivity index (χ1n) is 5.64. The van der Waals surface area contributed by atoms with Crippen LogP contribution in [-0.4, -0.2) is 36.3 Å². The van der Waals surface area contributed by atoms with Gasteiger partial charge in [-0.05, 0) is 29.2 Å². The number of aliphatic carboxylic acids is 1. The summed E-state index contributed by atoms with van der Waals surface area (Å²) in [4.78, 5) is 15.1. The van der Waals surface area contributed by atoms with E-state index < -0.39 is 5.97 Å². The van der Waals surface area contributed by atoms with Gasteiger partial charge in [0, 0.05) is 5.38 Å². The van der Waals surface area contributed by atoms with Crippen molar-refractivity contribution >= 4 is 17.3 Å². The van der Waals surface area contributed by atoms with E-state index >= 15 is 0 Å². The van der Waals surface area contributed by atoms with Crippen LogP contribution in [0, 0.1) is 5.92 Å². The van der Waals surface area contributed by atoms with Crippen molar-refractivity contribution in [2.45, 2.75) is 25.3 Å². The largest absolute Gasteiger partial charge is 0.481 e. The third kappa shape index (κ3) is 2.10. The molecule has 0 aliphatic heterocycles. The minimum absolute atomic E-state index is 0.0485. The lowest BCUT2D eigenvalue weighted by Gasteiger charge is -2.14. The zero-order valence-electron chi connectivity index (χ0n) is 9.43. The van der Waals surface area contributed by atoms with Crippen molar-refractivity contribution in [3.05, 3.63) is 10.9 Å². The van der Waals surface area contributed by atoms with Gasteiger partial charge in [-0.15, -0.1) is 16.4 Å². The first-order valence-corrected chi connectivity index (χ1v) is 6.58. The number of hydrogen-bond donors (Lipinski definition) is 1. The number of aromatic nitrogens is 5. The van der Waals surface area contributed by atoms with Crippen LogP contribution in [0.1, 0.15) is 25.3 Å². The third-order valence-corrected chi connectivity index (χ3v) is 3.60. The Morgan fingerprint density at radius 3 is 3.06 bits per heavy atom. The van der Waals surface area contributed by atoms with Crippen LogP contribution in [0.3, 0.4) is 0 Å². The molecule has 0 saturated heterocycles. The molecule has 94 valence electrons. The summed E-state index contributed by atoms with van der Waals surface area (Å²) in [6.45, 7) is 0. The monoisotopic (exact) mass is 265 g/mol. The molecule has 1 saturated carbocycles. The summed E-state index contributed by atoms with van der Waals surface area (Å²) in [5, 5.41) is 22.4. The number of rotatable bonds is 5. The second-order valence-electron chi connectivity index (χ2n) is 4.32. The summed E-state index contributed by atoms with van der Waals surface area (Å²) in [5.74, 6) is 0.0861. The van der Waals surface area contributed by atoms with Crippen LogP contribution < -0.4 is 0 Å². The molecule has 1 aliphatic rings. The summed E-state index contributed by atoms with van der Waals surface area (Å²) < 4.78 is 1.61. The molecule has 1 unspecified atom stereocenters. The Labute approximate surface area is 106 Å². The highest BCUT2D eigenvalue weighted by molar-refractivity contribution is 7.07. The van der Waals surface area contributed by atoms with E-state index in [9.17, 15) is 4.79 Å². The van der Waals surface area contributed by atoms with E-state index in [-0.39, 0.29) is 12.5 Å². The quantitative estimate of drug-likeness (QED) is 0.873. The normalized spacial score (nSPS) is 16.7. The van der Waals surface area contributed by atoms with Crippen LogP contribution in [-0.2, 0) is 4.79 Å². The van der Waals surface area contributed by atoms with Crippen LogP contribution >= 0.6 is 11.3 Å². The van der Waals surface area contributed by atoms with E-state index in [4.69, 9.17) is 5.11 Å². The molecule has 1 fully saturated rings. The lowest BCUT2D eigenvalue weighted by atomic mass is 10.1. The van der Waals surface area contributed by atoms with E-state index in [2.05, 4.69) is 20.5 Å². The van der Waals surface area contributed by atoms with E-state index in [1.165, 1.54) is 11.3 Å². The standard InChI is InChI=1S/C10H11N5O2S/c16-9(17)3-8(6-1-2-6)15-10(12-13-14-15)7-4-18-5-11-7/h4-6,8H,1-3H2,(H,16,17). The van der Waals surface area contributed by atoms with Crippen molar-refractivity contribution in [3.63, 3.8) is 0 Å². The van der Waals surface area contributed by atoms with Gasteiger partial charge in [0.05, 0.1) is 18.0 Å². The second-order valence-corrected chi connectivity index (χ2v) is 5.04. The fraction of sp³-hybridized carbons (Fsp3) is 0.500. The number of carboxylic acids is 1. The van der Waals surface area contributed by atoms with Crippen molar-refractivity contribution in [3.8, 4) is 11.5 Å². The van der Waals surface area contributed by atoms with Gasteiger partial charge in [-0.1, -0.05) is 0 Å². The van der Waals surface area contributed by atoms with Gasteiger partial charge >= 0.3 is 5.97 Å². The summed E-state index contributed by atoms with van der Waals surface area (Å²) in [6.07, 6.45) is 2.12. The van der Waals surface area contributed by atoms with Crippen LogP contribution in [0.2, 0.25) is 0 Å². The maximum atomic E-state index is 10.9. The highest BCUT2D eigenvalue weighted by atomic mass is 32.1. The Bertz CT molecular complexity index is 548. The van der Waals surface area contributed by atoms with Crippen molar-refractivity contribution in [2.24, 2.45) is 5.92 Å². The van der Waals surface area contributed by atoms with Crippen LogP contribution in [0.25, 0.3) is 11.5 Å². The average Bonchev–Trinajstić information content (AvgIpc) is 2.86. The Kier molecular flexibility index (Phi) is 2.78. The van der Waals surface area contributed by atoms with E-state index in [1.807, 2.05) is 5.38 Å². The molecule has 0 bridgehead atoms. The third-order valence-electron chi connectivity index (χ3n) is 3.02. The van der Waals surface area contributed by atoms with Gasteiger partial charge in [0.1, 0.15) is 5.69 Å². The lowest BCUT2D eigenvalue weighted by Crippen LogP contribution is -2.18. The van der Waals surface area contributed by atoms with Gasteiger partial charge in [-0.2, -0.15) is 0 Å². The zero-order chi connectivity index (χ0) is 12.5. The molecule has 2 aromatic rings. The van der Waals surface area contributed by atoms with Crippen molar-refractivity contribution in [1.29, 1.82) is 0 Å². The molecule has 0 aromatic carbocycles. The molecule has 3 rings (SSSR count). The zero-order valence-corrected chi connectivity index (χ0v) is 10.2. The molecular weight excluding hydrogens is 254 g/mol. The predicted octanol–water partition coefficient (Wildman–Crippen LogP) is 1.22. The highest BCUT2D eigenvalue weighted by Crippen LogP contribution is 2.42. The van der Waals surface area contributed by atoms with Crippen molar-refractivity contribution in [1.82, 2.24) is 25.2 Å². The molecule has 1 N–H and O–H groups in total. The molecule has 0 spiro atoms. The van der Waals surface area contributed by atoms with E-state index in [1.54, 1.807) is 10.2 Å². The molecule has 7 nitrogen and oxygen atoms in total. The minimum atomic E-state index is -0.827. The smallest absolute Gasteiger partial charge is 0.305 e. The fourth-order valence-electron chi connectivity index (χ4n) is 2.02. The lowest BCUT2D eigenvalue weighted by molar-refractivity contribution is -0.138. The molecule has 18 heavy (non-hydrogen) atoms. The Morgan fingerprint density at radius 2 is 2.44 bits per heavy atom. The Balaban J connectivity index is 1.95. The summed E-state index contributed by atoms with van der Waals surface area (Å²) >= 11 is 1.46. The van der Waals surface area contributed by atoms with Gasteiger partial charge in [0.25, 0.3) is 0 Å². The molecule has 0 amide bonds. The van der Waals surface area contributed by atoms with Gasteiger partial charge in [-0.3, -0.25) is 4.79 Å². The number of nitrogens with zero attached hydrogens (tertiary/aromatic N) is 5. The maximum absolute atomic E-state index is 10.9. The first kappa shape index (κ1) is 11.3. The fourth-order valence-corrected chi connectivity index (χ4v) is 2.55. The molecule has 2 heterocycles. The van der Waals surface area contributed by atoms with Crippen molar-refractivity contribution in [2.75, 3.05) is 0 Å². The SMILES string of the molecule is O=C(O)CC(C1CC1)n1nnnc1-c1cscn1. The maximum Gasteiger partial charge on any atom is 0.305 e. The molecule has 8 heteroatoms. The molecule has 1 atom stereocenters. The second kappa shape index (κ2) is 4.45. The Morgan fingerprint density at radius 1 is 1.61 bits per heavy atom. The summed E-state index contributed by atoms with van der Waals surface area (Å²) in [6, 6.07) is -0.172. The van der Waals surface area contributed by atoms with Gasteiger partial charge in [0.2, 0.25) is 5.82 Å². The average molecular weight is 265 g/mol. The van der Waals surface area contributed by atoms with E-state index in [0.717, 1.165) is 12.8 Å². The number of carbonyl (C=O) groups is 1. The minimum Gasteiger partial charge on any atom is -0.481 e. The van der Waals surface area contributed by atoms with E-state index in [0.29, 0.717) is 17.4 Å². The highest BCUT2D eigenvalue weighted by Gasteiger charge is 2.36. The van der Waals surface area contributed by atoms with Crippen molar-refractivity contribution < 1.29 is 9.90 Å². The number of carboxylic acid groups (broad SMARTS) is 1. The summed E-state index contributed by atoms with van der Waals surface area (Å²) in [7, 11) is 0. The predicted molar refractivity (Wildman–Crippen MR) is 62.9 cm³/mol. The van der Waals surface area contributed by atoms with Crippen LogP contribution in [0.15, 0.2) is 10.9 Å². The van der Waals surface area contributed by atoms with Crippen LogP contribution in [0.4, 0.5) is 0 Å². The molecule has 1 aliphatic carbocycles. The van der Waals surface area contributed by atoms with Gasteiger partial charge < -0.3 is 5.11 Å².